The molecule has 0 bridgehead atoms. The van der Waals surface area contributed by atoms with Gasteiger partial charge < -0.3 is 10.1 Å². The number of hydrogen-bond donors (Lipinski definition) is 1. The number of halogens is 1. The van der Waals surface area contributed by atoms with Gasteiger partial charge in [0.15, 0.2) is 5.82 Å². The van der Waals surface area contributed by atoms with Gasteiger partial charge >= 0.3 is 0 Å². The molecule has 0 fully saturated rings. The Labute approximate surface area is 139 Å². The third kappa shape index (κ3) is 3.96. The van der Waals surface area contributed by atoms with Gasteiger partial charge in [0, 0.05) is 18.0 Å². The number of nitrogens with one attached hydrogen (secondary N) is 1. The van der Waals surface area contributed by atoms with E-state index in [1.165, 1.54) is 0 Å². The van der Waals surface area contributed by atoms with Gasteiger partial charge in [-0.2, -0.15) is 0 Å². The normalized spacial score (nSPS) is 10.3. The molecule has 2 aromatic heterocycles. The van der Waals surface area contributed by atoms with E-state index in [1.807, 2.05) is 49.4 Å². The van der Waals surface area contributed by atoms with Gasteiger partial charge in [-0.25, -0.2) is 9.97 Å². The first-order chi connectivity index (χ1) is 11.2. The average Bonchev–Trinajstić information content (AvgIpc) is 2.57. The lowest BCUT2D eigenvalue weighted by Crippen LogP contribution is -1.99. The van der Waals surface area contributed by atoms with Crippen LogP contribution in [0.25, 0.3) is 11.5 Å². The summed E-state index contributed by atoms with van der Waals surface area (Å²) in [6.07, 6.45) is 1.69. The quantitative estimate of drug-likeness (QED) is 0.707. The predicted molar refractivity (Wildman–Crippen MR) is 91.2 cm³/mol. The second kappa shape index (κ2) is 7.07. The minimum Gasteiger partial charge on any atom is -0.494 e. The summed E-state index contributed by atoms with van der Waals surface area (Å²) < 4.78 is 5.42. The van der Waals surface area contributed by atoms with Gasteiger partial charge in [0.05, 0.1) is 6.61 Å². The fourth-order valence-corrected chi connectivity index (χ4v) is 2.22. The highest BCUT2D eigenvalue weighted by molar-refractivity contribution is 6.29. The smallest absolute Gasteiger partial charge is 0.181 e. The lowest BCUT2D eigenvalue weighted by molar-refractivity contribution is 0.340. The van der Waals surface area contributed by atoms with Gasteiger partial charge in [0.25, 0.3) is 0 Å². The Bertz CT molecular complexity index is 778. The summed E-state index contributed by atoms with van der Waals surface area (Å²) in [5, 5.41) is 3.56. The van der Waals surface area contributed by atoms with Crippen molar-refractivity contribution in [1.82, 2.24) is 15.0 Å². The average molecular weight is 327 g/mol. The summed E-state index contributed by atoms with van der Waals surface area (Å²) >= 11 is 6.09. The summed E-state index contributed by atoms with van der Waals surface area (Å²) in [6, 6.07) is 14.9. The van der Waals surface area contributed by atoms with Crippen LogP contribution in [-0.2, 0) is 0 Å². The van der Waals surface area contributed by atoms with Crippen LogP contribution in [0.2, 0.25) is 5.15 Å². The molecular weight excluding hydrogens is 312 g/mol. The van der Waals surface area contributed by atoms with E-state index in [2.05, 4.69) is 20.3 Å². The molecule has 1 aromatic carbocycles. The lowest BCUT2D eigenvalue weighted by atomic mass is 10.3. The van der Waals surface area contributed by atoms with Gasteiger partial charge in [-0.15, -0.1) is 0 Å². The molecule has 3 aromatic rings. The van der Waals surface area contributed by atoms with Crippen molar-refractivity contribution in [2.75, 3.05) is 11.9 Å². The molecule has 0 aliphatic carbocycles. The number of rotatable bonds is 5. The maximum atomic E-state index is 6.09. The topological polar surface area (TPSA) is 59.9 Å². The van der Waals surface area contributed by atoms with Gasteiger partial charge in [0.2, 0.25) is 0 Å². The van der Waals surface area contributed by atoms with Gasteiger partial charge in [-0.1, -0.05) is 17.7 Å². The van der Waals surface area contributed by atoms with E-state index in [1.54, 1.807) is 12.3 Å². The number of benzene rings is 1. The molecule has 0 saturated carbocycles. The SMILES string of the molecule is CCOc1ccc(Nc2cc(Cl)nc(-c3ccccn3)n2)cc1. The highest BCUT2D eigenvalue weighted by Crippen LogP contribution is 2.23. The van der Waals surface area contributed by atoms with Crippen LogP contribution in [0.15, 0.2) is 54.7 Å². The third-order valence-electron chi connectivity index (χ3n) is 3.03. The van der Waals surface area contributed by atoms with Crippen molar-refractivity contribution >= 4 is 23.1 Å². The highest BCUT2D eigenvalue weighted by Gasteiger charge is 2.07. The molecule has 0 unspecified atom stereocenters. The van der Waals surface area contributed by atoms with Crippen LogP contribution >= 0.6 is 11.6 Å². The Morgan fingerprint density at radius 3 is 2.61 bits per heavy atom. The molecule has 0 saturated heterocycles. The Kier molecular flexibility index (Phi) is 4.68. The molecular formula is C17H15ClN4O. The zero-order valence-corrected chi connectivity index (χ0v) is 13.3. The fraction of sp³-hybridized carbons (Fsp3) is 0.118. The van der Waals surface area contributed by atoms with Crippen LogP contribution in [0.4, 0.5) is 11.5 Å². The standard InChI is InChI=1S/C17H15ClN4O/c1-2-23-13-8-6-12(7-9-13)20-16-11-15(18)21-17(22-16)14-5-3-4-10-19-14/h3-11H,2H2,1H3,(H,20,21,22). The van der Waals surface area contributed by atoms with E-state index >= 15 is 0 Å². The number of hydrogen-bond acceptors (Lipinski definition) is 5. The van der Waals surface area contributed by atoms with E-state index in [9.17, 15) is 0 Å². The van der Waals surface area contributed by atoms with Crippen LogP contribution in [0.1, 0.15) is 6.92 Å². The maximum absolute atomic E-state index is 6.09. The van der Waals surface area contributed by atoms with Crippen molar-refractivity contribution in [3.63, 3.8) is 0 Å². The fourth-order valence-electron chi connectivity index (χ4n) is 2.04. The molecule has 1 N–H and O–H groups in total. The van der Waals surface area contributed by atoms with Crippen molar-refractivity contribution in [2.45, 2.75) is 6.92 Å². The number of anilines is 2. The van der Waals surface area contributed by atoms with E-state index < -0.39 is 0 Å². The molecule has 3 rings (SSSR count). The van der Waals surface area contributed by atoms with Crippen molar-refractivity contribution < 1.29 is 4.74 Å². The van der Waals surface area contributed by atoms with Gasteiger partial charge in [0.1, 0.15) is 22.4 Å². The Hall–Kier alpha value is -2.66. The van der Waals surface area contributed by atoms with Crippen molar-refractivity contribution in [3.8, 4) is 17.3 Å². The highest BCUT2D eigenvalue weighted by atomic mass is 35.5. The molecule has 2 heterocycles. The van der Waals surface area contributed by atoms with Crippen molar-refractivity contribution in [1.29, 1.82) is 0 Å². The van der Waals surface area contributed by atoms with Crippen LogP contribution < -0.4 is 10.1 Å². The van der Waals surface area contributed by atoms with E-state index in [-0.39, 0.29) is 0 Å². The number of nitrogens with zero attached hydrogens (tertiary/aromatic N) is 3. The summed E-state index contributed by atoms with van der Waals surface area (Å²) in [5.41, 5.74) is 1.56. The molecule has 116 valence electrons. The molecule has 0 aliphatic rings. The van der Waals surface area contributed by atoms with Crippen LogP contribution in [0, 0.1) is 0 Å². The molecule has 0 spiro atoms. The zero-order chi connectivity index (χ0) is 16.1. The molecule has 23 heavy (non-hydrogen) atoms. The largest absolute Gasteiger partial charge is 0.494 e. The molecule has 0 aliphatic heterocycles. The van der Waals surface area contributed by atoms with Crippen LogP contribution in [0.3, 0.4) is 0 Å². The first-order valence-electron chi connectivity index (χ1n) is 7.20. The summed E-state index contributed by atoms with van der Waals surface area (Å²) in [7, 11) is 0. The Morgan fingerprint density at radius 2 is 1.91 bits per heavy atom. The van der Waals surface area contributed by atoms with Crippen molar-refractivity contribution in [2.24, 2.45) is 0 Å². The number of aromatic nitrogens is 3. The zero-order valence-electron chi connectivity index (χ0n) is 12.5. The second-order valence-corrected chi connectivity index (χ2v) is 5.08. The van der Waals surface area contributed by atoms with E-state index in [0.29, 0.717) is 29.1 Å². The second-order valence-electron chi connectivity index (χ2n) is 4.70. The van der Waals surface area contributed by atoms with E-state index in [0.717, 1.165) is 11.4 Å². The molecule has 0 radical (unpaired) electrons. The summed E-state index contributed by atoms with van der Waals surface area (Å²) in [4.78, 5) is 12.9. The van der Waals surface area contributed by atoms with Gasteiger partial charge in [-0.05, 0) is 43.3 Å². The first kappa shape index (κ1) is 15.2. The first-order valence-corrected chi connectivity index (χ1v) is 7.58. The maximum Gasteiger partial charge on any atom is 0.181 e. The molecule has 6 heteroatoms. The molecule has 0 amide bonds. The van der Waals surface area contributed by atoms with Gasteiger partial charge in [-0.3, -0.25) is 4.98 Å². The van der Waals surface area contributed by atoms with Crippen LogP contribution in [0.5, 0.6) is 5.75 Å². The van der Waals surface area contributed by atoms with Crippen molar-refractivity contribution in [3.05, 3.63) is 59.9 Å². The van der Waals surface area contributed by atoms with E-state index in [4.69, 9.17) is 16.3 Å². The minimum atomic E-state index is 0.356. The Balaban J connectivity index is 1.84. The Morgan fingerprint density at radius 1 is 1.09 bits per heavy atom. The monoisotopic (exact) mass is 326 g/mol. The minimum absolute atomic E-state index is 0.356. The summed E-state index contributed by atoms with van der Waals surface area (Å²) in [6.45, 7) is 2.59. The molecule has 0 atom stereocenters. The summed E-state index contributed by atoms with van der Waals surface area (Å²) in [5.74, 6) is 1.91. The number of pyridine rings is 1. The van der Waals surface area contributed by atoms with Crippen LogP contribution in [-0.4, -0.2) is 21.6 Å². The molecule has 5 nitrogen and oxygen atoms in total. The lowest BCUT2D eigenvalue weighted by Gasteiger charge is -2.09. The number of ether oxygens (including phenoxy) is 1. The third-order valence-corrected chi connectivity index (χ3v) is 3.22. The predicted octanol–water partition coefficient (Wildman–Crippen LogP) is 4.33.